The fourth-order valence-corrected chi connectivity index (χ4v) is 1.72. The van der Waals surface area contributed by atoms with Crippen molar-refractivity contribution in [3.05, 3.63) is 30.7 Å². The summed E-state index contributed by atoms with van der Waals surface area (Å²) < 4.78 is 5.09. The van der Waals surface area contributed by atoms with Crippen LogP contribution < -0.4 is 10.6 Å². The number of aromatic nitrogens is 2. The maximum atomic E-state index is 11.6. The number of anilines is 1. The number of nitrogens with zero attached hydrogens (tertiary/aromatic N) is 2. The molecule has 0 aliphatic heterocycles. The van der Waals surface area contributed by atoms with Crippen LogP contribution in [-0.2, 0) is 4.79 Å². The molecule has 1 aromatic heterocycles. The normalized spacial score (nSPS) is 14.3. The molecule has 0 spiro atoms. The van der Waals surface area contributed by atoms with Gasteiger partial charge in [0.1, 0.15) is 0 Å². The van der Waals surface area contributed by atoms with Crippen molar-refractivity contribution in [2.45, 2.75) is 18.9 Å². The second-order valence-electron chi connectivity index (χ2n) is 4.52. The number of rotatable bonds is 5. The van der Waals surface area contributed by atoms with E-state index in [1.54, 1.807) is 0 Å². The highest BCUT2D eigenvalue weighted by Crippen LogP contribution is 2.19. The number of amides is 1. The Bertz CT molecular complexity index is 547. The molecule has 1 aromatic carbocycles. The lowest BCUT2D eigenvalue weighted by Gasteiger charge is -2.06. The van der Waals surface area contributed by atoms with Crippen molar-refractivity contribution in [3.8, 4) is 11.5 Å². The van der Waals surface area contributed by atoms with Crippen LogP contribution in [0.3, 0.4) is 0 Å². The van der Waals surface area contributed by atoms with Gasteiger partial charge in [-0.15, -0.1) is 10.2 Å². The molecule has 1 aliphatic carbocycles. The summed E-state index contributed by atoms with van der Waals surface area (Å²) >= 11 is 0. The number of carbonyl (C=O) groups excluding carboxylic acids is 1. The minimum absolute atomic E-state index is 0.0301. The second-order valence-corrected chi connectivity index (χ2v) is 4.52. The van der Waals surface area contributed by atoms with E-state index in [4.69, 9.17) is 4.42 Å². The first-order chi connectivity index (χ1) is 9.31. The Morgan fingerprint density at radius 1 is 1.32 bits per heavy atom. The average Bonchev–Trinajstić information content (AvgIpc) is 3.10. The van der Waals surface area contributed by atoms with Crippen molar-refractivity contribution in [2.24, 2.45) is 0 Å². The maximum absolute atomic E-state index is 11.6. The lowest BCUT2D eigenvalue weighted by atomic mass is 10.2. The van der Waals surface area contributed by atoms with Crippen molar-refractivity contribution >= 4 is 11.6 Å². The Morgan fingerprint density at radius 2 is 2.11 bits per heavy atom. The molecule has 98 valence electrons. The van der Waals surface area contributed by atoms with Crippen LogP contribution in [0.1, 0.15) is 12.8 Å². The van der Waals surface area contributed by atoms with E-state index >= 15 is 0 Å². The molecular weight excluding hydrogens is 244 g/mol. The molecule has 0 unspecified atom stereocenters. The minimum Gasteiger partial charge on any atom is -0.423 e. The van der Waals surface area contributed by atoms with Gasteiger partial charge in [-0.05, 0) is 37.1 Å². The molecule has 19 heavy (non-hydrogen) atoms. The SMILES string of the molecule is O=C(CNC1CC1)Nc1ccc(-c2nnco2)cc1. The molecule has 1 fully saturated rings. The lowest BCUT2D eigenvalue weighted by molar-refractivity contribution is -0.115. The van der Waals surface area contributed by atoms with Crippen LogP contribution in [0.2, 0.25) is 0 Å². The van der Waals surface area contributed by atoms with E-state index in [0.29, 0.717) is 18.5 Å². The zero-order chi connectivity index (χ0) is 13.1. The summed E-state index contributed by atoms with van der Waals surface area (Å²) in [6.07, 6.45) is 3.63. The van der Waals surface area contributed by atoms with Gasteiger partial charge in [-0.25, -0.2) is 0 Å². The van der Waals surface area contributed by atoms with Crippen LogP contribution >= 0.6 is 0 Å². The Labute approximate surface area is 110 Å². The van der Waals surface area contributed by atoms with Gasteiger partial charge in [0.15, 0.2) is 0 Å². The fraction of sp³-hybridized carbons (Fsp3) is 0.308. The smallest absolute Gasteiger partial charge is 0.247 e. The largest absolute Gasteiger partial charge is 0.423 e. The first-order valence-corrected chi connectivity index (χ1v) is 6.21. The third kappa shape index (κ3) is 3.17. The summed E-state index contributed by atoms with van der Waals surface area (Å²) in [6.45, 7) is 0.357. The van der Waals surface area contributed by atoms with Gasteiger partial charge in [-0.2, -0.15) is 0 Å². The lowest BCUT2D eigenvalue weighted by Crippen LogP contribution is -2.29. The molecule has 6 heteroatoms. The Morgan fingerprint density at radius 3 is 2.74 bits per heavy atom. The topological polar surface area (TPSA) is 80.0 Å². The molecule has 1 heterocycles. The number of benzene rings is 1. The first kappa shape index (κ1) is 11.9. The highest BCUT2D eigenvalue weighted by atomic mass is 16.4. The second kappa shape index (κ2) is 5.19. The van der Waals surface area contributed by atoms with Gasteiger partial charge in [-0.1, -0.05) is 0 Å². The maximum Gasteiger partial charge on any atom is 0.247 e. The number of carbonyl (C=O) groups is 1. The van der Waals surface area contributed by atoms with Gasteiger partial charge in [0.25, 0.3) is 0 Å². The van der Waals surface area contributed by atoms with E-state index in [-0.39, 0.29) is 5.91 Å². The van der Waals surface area contributed by atoms with E-state index in [9.17, 15) is 4.79 Å². The van der Waals surface area contributed by atoms with E-state index in [1.165, 1.54) is 19.2 Å². The number of hydrogen-bond donors (Lipinski definition) is 2. The summed E-state index contributed by atoms with van der Waals surface area (Å²) in [5.74, 6) is 0.436. The van der Waals surface area contributed by atoms with Crippen molar-refractivity contribution in [1.29, 1.82) is 0 Å². The Hall–Kier alpha value is -2.21. The summed E-state index contributed by atoms with van der Waals surface area (Å²) in [5.41, 5.74) is 1.58. The molecule has 0 radical (unpaired) electrons. The van der Waals surface area contributed by atoms with Crippen LogP contribution in [0.15, 0.2) is 35.1 Å². The van der Waals surface area contributed by atoms with Gasteiger partial charge in [-0.3, -0.25) is 4.79 Å². The molecular formula is C13H14N4O2. The van der Waals surface area contributed by atoms with Crippen LogP contribution in [-0.4, -0.2) is 28.7 Å². The zero-order valence-corrected chi connectivity index (χ0v) is 10.3. The van der Waals surface area contributed by atoms with E-state index in [2.05, 4.69) is 20.8 Å². The quantitative estimate of drug-likeness (QED) is 0.848. The van der Waals surface area contributed by atoms with Crippen molar-refractivity contribution in [1.82, 2.24) is 15.5 Å². The first-order valence-electron chi connectivity index (χ1n) is 6.21. The van der Waals surface area contributed by atoms with Crippen LogP contribution in [0.25, 0.3) is 11.5 Å². The Kier molecular flexibility index (Phi) is 3.24. The van der Waals surface area contributed by atoms with Gasteiger partial charge in [0.2, 0.25) is 18.2 Å². The van der Waals surface area contributed by atoms with Crippen LogP contribution in [0.5, 0.6) is 0 Å². The van der Waals surface area contributed by atoms with Gasteiger partial charge in [0.05, 0.1) is 6.54 Å². The molecule has 0 atom stereocenters. The number of nitrogens with one attached hydrogen (secondary N) is 2. The van der Waals surface area contributed by atoms with Crippen molar-refractivity contribution < 1.29 is 9.21 Å². The molecule has 2 aromatic rings. The summed E-state index contributed by atoms with van der Waals surface area (Å²) in [7, 11) is 0. The highest BCUT2D eigenvalue weighted by Gasteiger charge is 2.21. The molecule has 1 aliphatic rings. The monoisotopic (exact) mass is 258 g/mol. The van der Waals surface area contributed by atoms with Gasteiger partial charge >= 0.3 is 0 Å². The van der Waals surface area contributed by atoms with Crippen LogP contribution in [0.4, 0.5) is 5.69 Å². The van der Waals surface area contributed by atoms with Gasteiger partial charge < -0.3 is 15.1 Å². The van der Waals surface area contributed by atoms with E-state index in [0.717, 1.165) is 11.3 Å². The third-order valence-electron chi connectivity index (χ3n) is 2.90. The number of hydrogen-bond acceptors (Lipinski definition) is 5. The summed E-state index contributed by atoms with van der Waals surface area (Å²) in [6, 6.07) is 7.82. The predicted octanol–water partition coefficient (Wildman–Crippen LogP) is 1.43. The molecule has 0 bridgehead atoms. The fourth-order valence-electron chi connectivity index (χ4n) is 1.72. The third-order valence-corrected chi connectivity index (χ3v) is 2.90. The van der Waals surface area contributed by atoms with E-state index < -0.39 is 0 Å². The van der Waals surface area contributed by atoms with Crippen LogP contribution in [0, 0.1) is 0 Å². The van der Waals surface area contributed by atoms with E-state index in [1.807, 2.05) is 24.3 Å². The summed E-state index contributed by atoms with van der Waals surface area (Å²) in [5, 5.41) is 13.4. The molecule has 6 nitrogen and oxygen atoms in total. The average molecular weight is 258 g/mol. The van der Waals surface area contributed by atoms with Crippen molar-refractivity contribution in [2.75, 3.05) is 11.9 Å². The molecule has 3 rings (SSSR count). The molecule has 1 saturated carbocycles. The van der Waals surface area contributed by atoms with Gasteiger partial charge in [0, 0.05) is 17.3 Å². The molecule has 2 N–H and O–H groups in total. The van der Waals surface area contributed by atoms with Crippen molar-refractivity contribution in [3.63, 3.8) is 0 Å². The molecule has 1 amide bonds. The minimum atomic E-state index is -0.0301. The standard InChI is InChI=1S/C13H14N4O2/c18-12(7-14-10-5-6-10)16-11-3-1-9(2-4-11)13-17-15-8-19-13/h1-4,8,10,14H,5-7H2,(H,16,18). The predicted molar refractivity (Wildman–Crippen MR) is 69.4 cm³/mol. The Balaban J connectivity index is 1.57. The molecule has 0 saturated heterocycles. The highest BCUT2D eigenvalue weighted by molar-refractivity contribution is 5.92. The summed E-state index contributed by atoms with van der Waals surface area (Å²) in [4.78, 5) is 11.6. The zero-order valence-electron chi connectivity index (χ0n) is 10.3.